The SMILES string of the molecule is CCn1nc(C(=O)Nc2cc(C)c(Cl)cc2OC)c2ccccc2c1=O. The lowest BCUT2D eigenvalue weighted by molar-refractivity contribution is 0.102. The average molecular weight is 372 g/mol. The number of nitrogens with one attached hydrogen (secondary N) is 1. The van der Waals surface area contributed by atoms with Gasteiger partial charge in [-0.25, -0.2) is 4.68 Å². The summed E-state index contributed by atoms with van der Waals surface area (Å²) in [7, 11) is 1.50. The van der Waals surface area contributed by atoms with Gasteiger partial charge < -0.3 is 10.1 Å². The van der Waals surface area contributed by atoms with Gasteiger partial charge in [0.1, 0.15) is 5.75 Å². The van der Waals surface area contributed by atoms with Crippen molar-refractivity contribution in [3.05, 3.63) is 63.0 Å². The number of fused-ring (bicyclic) bond motifs is 1. The molecule has 134 valence electrons. The lowest BCUT2D eigenvalue weighted by atomic mass is 10.1. The minimum atomic E-state index is -0.427. The van der Waals surface area contributed by atoms with Crippen LogP contribution >= 0.6 is 11.6 Å². The van der Waals surface area contributed by atoms with Crippen molar-refractivity contribution in [2.45, 2.75) is 20.4 Å². The Balaban J connectivity index is 2.11. The Labute approximate surface area is 155 Å². The molecule has 6 nitrogen and oxygen atoms in total. The van der Waals surface area contributed by atoms with Gasteiger partial charge in [-0.2, -0.15) is 5.10 Å². The predicted octanol–water partition coefficient (Wildman–Crippen LogP) is 3.64. The fourth-order valence-corrected chi connectivity index (χ4v) is 2.88. The molecule has 0 fully saturated rings. The number of carbonyl (C=O) groups excluding carboxylic acids is 1. The van der Waals surface area contributed by atoms with Crippen LogP contribution in [0.25, 0.3) is 10.8 Å². The zero-order valence-electron chi connectivity index (χ0n) is 14.7. The van der Waals surface area contributed by atoms with Crippen LogP contribution in [0.3, 0.4) is 0 Å². The lowest BCUT2D eigenvalue weighted by Gasteiger charge is -2.13. The molecule has 1 amide bonds. The minimum absolute atomic E-state index is 0.178. The third kappa shape index (κ3) is 3.15. The van der Waals surface area contributed by atoms with E-state index >= 15 is 0 Å². The second kappa shape index (κ2) is 7.17. The fourth-order valence-electron chi connectivity index (χ4n) is 2.73. The Morgan fingerprint density at radius 3 is 2.62 bits per heavy atom. The van der Waals surface area contributed by atoms with E-state index in [1.807, 2.05) is 6.92 Å². The topological polar surface area (TPSA) is 73.2 Å². The van der Waals surface area contributed by atoms with Crippen molar-refractivity contribution < 1.29 is 9.53 Å². The maximum atomic E-state index is 12.9. The summed E-state index contributed by atoms with van der Waals surface area (Å²) in [5, 5.41) is 8.54. The van der Waals surface area contributed by atoms with E-state index < -0.39 is 5.91 Å². The number of aryl methyl sites for hydroxylation is 2. The molecule has 2 aromatic carbocycles. The second-order valence-corrected chi connectivity index (χ2v) is 6.18. The highest BCUT2D eigenvalue weighted by Crippen LogP contribution is 2.31. The molecular weight excluding hydrogens is 354 g/mol. The number of amides is 1. The van der Waals surface area contributed by atoms with Gasteiger partial charge in [0.05, 0.1) is 18.2 Å². The van der Waals surface area contributed by atoms with E-state index in [2.05, 4.69) is 10.4 Å². The van der Waals surface area contributed by atoms with Crippen LogP contribution in [-0.2, 0) is 6.54 Å². The number of rotatable bonds is 4. The van der Waals surface area contributed by atoms with Gasteiger partial charge in [0.25, 0.3) is 11.5 Å². The number of hydrogen-bond donors (Lipinski definition) is 1. The maximum absolute atomic E-state index is 12.9. The van der Waals surface area contributed by atoms with Crippen LogP contribution < -0.4 is 15.6 Å². The first kappa shape index (κ1) is 17.9. The number of hydrogen-bond acceptors (Lipinski definition) is 4. The number of nitrogens with zero attached hydrogens (tertiary/aromatic N) is 2. The predicted molar refractivity (Wildman–Crippen MR) is 102 cm³/mol. The molecule has 26 heavy (non-hydrogen) atoms. The summed E-state index contributed by atoms with van der Waals surface area (Å²) in [6, 6.07) is 10.3. The van der Waals surface area contributed by atoms with Crippen molar-refractivity contribution in [1.82, 2.24) is 9.78 Å². The Morgan fingerprint density at radius 2 is 1.96 bits per heavy atom. The second-order valence-electron chi connectivity index (χ2n) is 5.77. The summed E-state index contributed by atoms with van der Waals surface area (Å²) in [5.74, 6) is 0.0190. The molecular formula is C19H18ClN3O3. The normalized spacial score (nSPS) is 10.8. The number of aromatic nitrogens is 2. The molecule has 1 aromatic heterocycles. The summed E-state index contributed by atoms with van der Waals surface area (Å²) in [6.07, 6.45) is 0. The third-order valence-electron chi connectivity index (χ3n) is 4.11. The number of benzene rings is 2. The highest BCUT2D eigenvalue weighted by atomic mass is 35.5. The maximum Gasteiger partial charge on any atom is 0.276 e. The van der Waals surface area contributed by atoms with E-state index in [-0.39, 0.29) is 11.3 Å². The summed E-state index contributed by atoms with van der Waals surface area (Å²) in [5.41, 5.74) is 1.25. The highest BCUT2D eigenvalue weighted by Gasteiger charge is 2.18. The molecule has 0 aliphatic heterocycles. The summed E-state index contributed by atoms with van der Waals surface area (Å²) in [6.45, 7) is 4.01. The van der Waals surface area contributed by atoms with Crippen molar-refractivity contribution in [3.8, 4) is 5.75 Å². The van der Waals surface area contributed by atoms with Crippen molar-refractivity contribution in [2.24, 2.45) is 0 Å². The standard InChI is InChI=1S/C19H18ClN3O3/c1-4-23-19(25)13-8-6-5-7-12(13)17(22-23)18(24)21-15-9-11(2)14(20)10-16(15)26-3/h5-10H,4H2,1-3H3,(H,21,24). The molecule has 0 radical (unpaired) electrons. The number of ether oxygens (including phenoxy) is 1. The fraction of sp³-hybridized carbons (Fsp3) is 0.211. The van der Waals surface area contributed by atoms with Gasteiger partial charge in [0.15, 0.2) is 5.69 Å². The molecule has 7 heteroatoms. The van der Waals surface area contributed by atoms with Crippen molar-refractivity contribution in [3.63, 3.8) is 0 Å². The monoisotopic (exact) mass is 371 g/mol. The van der Waals surface area contributed by atoms with Gasteiger partial charge in [0.2, 0.25) is 0 Å². The van der Waals surface area contributed by atoms with Gasteiger partial charge in [0, 0.05) is 23.0 Å². The Morgan fingerprint density at radius 1 is 1.27 bits per heavy atom. The summed E-state index contributed by atoms with van der Waals surface area (Å²) in [4.78, 5) is 25.3. The number of methoxy groups -OCH3 is 1. The number of halogens is 1. The third-order valence-corrected chi connectivity index (χ3v) is 4.52. The van der Waals surface area contributed by atoms with E-state index in [4.69, 9.17) is 16.3 Å². The molecule has 3 rings (SSSR count). The molecule has 1 heterocycles. The first-order valence-electron chi connectivity index (χ1n) is 8.11. The minimum Gasteiger partial charge on any atom is -0.495 e. The molecule has 0 bridgehead atoms. The summed E-state index contributed by atoms with van der Waals surface area (Å²) < 4.78 is 6.57. The quantitative estimate of drug-likeness (QED) is 0.759. The van der Waals surface area contributed by atoms with Crippen molar-refractivity contribution in [1.29, 1.82) is 0 Å². The van der Waals surface area contributed by atoms with Crippen LogP contribution in [0.15, 0.2) is 41.2 Å². The smallest absolute Gasteiger partial charge is 0.276 e. The largest absolute Gasteiger partial charge is 0.495 e. The van der Waals surface area contributed by atoms with E-state index in [9.17, 15) is 9.59 Å². The molecule has 0 aliphatic rings. The summed E-state index contributed by atoms with van der Waals surface area (Å²) >= 11 is 6.11. The van der Waals surface area contributed by atoms with E-state index in [1.165, 1.54) is 11.8 Å². The zero-order valence-corrected chi connectivity index (χ0v) is 15.4. The molecule has 0 unspecified atom stereocenters. The molecule has 0 saturated heterocycles. The van der Waals surface area contributed by atoms with Crippen LogP contribution in [0, 0.1) is 6.92 Å². The number of anilines is 1. The molecule has 0 saturated carbocycles. The Bertz CT molecular complexity index is 1060. The van der Waals surface area contributed by atoms with E-state index in [0.29, 0.717) is 33.8 Å². The van der Waals surface area contributed by atoms with Gasteiger partial charge in [-0.05, 0) is 31.5 Å². The van der Waals surface area contributed by atoms with Gasteiger partial charge in [-0.15, -0.1) is 0 Å². The highest BCUT2D eigenvalue weighted by molar-refractivity contribution is 6.31. The molecule has 0 spiro atoms. The van der Waals surface area contributed by atoms with Crippen LogP contribution in [-0.4, -0.2) is 22.8 Å². The zero-order chi connectivity index (χ0) is 18.8. The van der Waals surface area contributed by atoms with Crippen molar-refractivity contribution in [2.75, 3.05) is 12.4 Å². The number of carbonyl (C=O) groups is 1. The Hall–Kier alpha value is -2.86. The van der Waals surface area contributed by atoms with Gasteiger partial charge >= 0.3 is 0 Å². The van der Waals surface area contributed by atoms with Gasteiger partial charge in [-0.1, -0.05) is 29.8 Å². The molecule has 0 atom stereocenters. The van der Waals surface area contributed by atoms with Crippen LogP contribution in [0.4, 0.5) is 5.69 Å². The van der Waals surface area contributed by atoms with Gasteiger partial charge in [-0.3, -0.25) is 9.59 Å². The van der Waals surface area contributed by atoms with Crippen LogP contribution in [0.1, 0.15) is 23.0 Å². The Kier molecular flexibility index (Phi) is 4.95. The molecule has 0 aliphatic carbocycles. The van der Waals surface area contributed by atoms with Crippen LogP contribution in [0.5, 0.6) is 5.75 Å². The lowest BCUT2D eigenvalue weighted by Crippen LogP contribution is -2.27. The first-order valence-corrected chi connectivity index (χ1v) is 8.49. The van der Waals surface area contributed by atoms with Crippen LogP contribution in [0.2, 0.25) is 5.02 Å². The van der Waals surface area contributed by atoms with E-state index in [0.717, 1.165) is 5.56 Å². The first-order chi connectivity index (χ1) is 12.5. The van der Waals surface area contributed by atoms with Crippen molar-refractivity contribution >= 4 is 34.0 Å². The average Bonchev–Trinajstić information content (AvgIpc) is 2.65. The molecule has 3 aromatic rings. The van der Waals surface area contributed by atoms with E-state index in [1.54, 1.807) is 43.3 Å². The molecule has 1 N–H and O–H groups in total.